The van der Waals surface area contributed by atoms with Crippen molar-refractivity contribution in [3.8, 4) is 11.5 Å². The number of hydrogen-bond acceptors (Lipinski definition) is 5. The number of rotatable bonds is 7. The Bertz CT molecular complexity index is 583. The number of nitrogens with zero attached hydrogens (tertiary/aromatic N) is 1. The molecular weight excluding hydrogens is 284 g/mol. The second kappa shape index (κ2) is 7.43. The van der Waals surface area contributed by atoms with Crippen LogP contribution in [0, 0.1) is 6.92 Å². The zero-order valence-electron chi connectivity index (χ0n) is 13.0. The van der Waals surface area contributed by atoms with Crippen LogP contribution in [0.5, 0.6) is 11.5 Å². The number of ether oxygens (including phenoxy) is 2. The maximum atomic E-state index is 5.34. The molecule has 0 fully saturated rings. The second-order valence-electron chi connectivity index (χ2n) is 4.90. The van der Waals surface area contributed by atoms with Crippen LogP contribution < -0.4 is 14.8 Å². The first kappa shape index (κ1) is 15.8. The lowest BCUT2D eigenvalue weighted by Gasteiger charge is -2.16. The zero-order valence-corrected chi connectivity index (χ0v) is 13.8. The number of aromatic nitrogens is 1. The fourth-order valence-corrected chi connectivity index (χ4v) is 2.83. The molecule has 1 heterocycles. The molecule has 2 aromatic rings. The lowest BCUT2D eigenvalue weighted by Crippen LogP contribution is -2.21. The number of aryl methyl sites for hydroxylation is 1. The summed E-state index contributed by atoms with van der Waals surface area (Å²) in [6.07, 6.45) is 0.946. The van der Waals surface area contributed by atoms with Crippen molar-refractivity contribution in [1.82, 2.24) is 10.3 Å². The van der Waals surface area contributed by atoms with Gasteiger partial charge in [-0.2, -0.15) is 0 Å². The summed E-state index contributed by atoms with van der Waals surface area (Å²) in [5.41, 5.74) is 2.34. The average Bonchev–Trinajstić information content (AvgIpc) is 2.91. The van der Waals surface area contributed by atoms with E-state index < -0.39 is 0 Å². The molecule has 1 unspecified atom stereocenters. The van der Waals surface area contributed by atoms with Crippen LogP contribution in [0.1, 0.15) is 29.2 Å². The molecule has 2 rings (SSSR count). The first-order valence-corrected chi connectivity index (χ1v) is 7.88. The lowest BCUT2D eigenvalue weighted by molar-refractivity contribution is 0.354. The Morgan fingerprint density at radius 3 is 2.62 bits per heavy atom. The Labute approximate surface area is 130 Å². The van der Waals surface area contributed by atoms with Gasteiger partial charge in [0, 0.05) is 24.4 Å². The molecule has 0 aliphatic heterocycles. The van der Waals surface area contributed by atoms with Gasteiger partial charge >= 0.3 is 0 Å². The highest BCUT2D eigenvalue weighted by Gasteiger charge is 2.10. The highest BCUT2D eigenvalue weighted by Crippen LogP contribution is 2.29. The fraction of sp³-hybridized carbons (Fsp3) is 0.438. The van der Waals surface area contributed by atoms with E-state index in [-0.39, 0.29) is 6.04 Å². The SMILES string of the molecule is COc1ccc(C(C)NCCc2csc(C)n2)cc1OC. The van der Waals surface area contributed by atoms with Gasteiger partial charge in [-0.25, -0.2) is 4.98 Å². The third kappa shape index (κ3) is 4.19. The van der Waals surface area contributed by atoms with Gasteiger partial charge in [0.05, 0.1) is 24.9 Å². The van der Waals surface area contributed by atoms with Gasteiger partial charge in [-0.05, 0) is 31.5 Å². The molecule has 1 aromatic carbocycles. The van der Waals surface area contributed by atoms with E-state index in [0.29, 0.717) is 0 Å². The molecule has 0 saturated carbocycles. The van der Waals surface area contributed by atoms with Crippen LogP contribution in [-0.2, 0) is 6.42 Å². The molecule has 1 N–H and O–H groups in total. The predicted molar refractivity (Wildman–Crippen MR) is 86.5 cm³/mol. The highest BCUT2D eigenvalue weighted by atomic mass is 32.1. The van der Waals surface area contributed by atoms with Crippen molar-refractivity contribution >= 4 is 11.3 Å². The monoisotopic (exact) mass is 306 g/mol. The third-order valence-electron chi connectivity index (χ3n) is 3.41. The Balaban J connectivity index is 1.92. The van der Waals surface area contributed by atoms with E-state index in [2.05, 4.69) is 28.7 Å². The van der Waals surface area contributed by atoms with Gasteiger partial charge in [0.1, 0.15) is 0 Å². The fourth-order valence-electron chi connectivity index (χ4n) is 2.18. The maximum absolute atomic E-state index is 5.34. The standard InChI is InChI=1S/C16H22N2O2S/c1-11(17-8-7-14-10-21-12(2)18-14)13-5-6-15(19-3)16(9-13)20-4/h5-6,9-11,17H,7-8H2,1-4H3. The van der Waals surface area contributed by atoms with Crippen LogP contribution >= 0.6 is 11.3 Å². The van der Waals surface area contributed by atoms with Crippen LogP contribution in [-0.4, -0.2) is 25.7 Å². The van der Waals surface area contributed by atoms with Crippen molar-refractivity contribution in [3.05, 3.63) is 39.8 Å². The Kier molecular flexibility index (Phi) is 5.59. The third-order valence-corrected chi connectivity index (χ3v) is 4.23. The number of methoxy groups -OCH3 is 2. The summed E-state index contributed by atoms with van der Waals surface area (Å²) in [6, 6.07) is 6.27. The van der Waals surface area contributed by atoms with Crippen molar-refractivity contribution in [1.29, 1.82) is 0 Å². The van der Waals surface area contributed by atoms with Crippen LogP contribution in [0.4, 0.5) is 0 Å². The number of nitrogens with one attached hydrogen (secondary N) is 1. The molecule has 0 aliphatic carbocycles. The Morgan fingerprint density at radius 1 is 1.24 bits per heavy atom. The maximum Gasteiger partial charge on any atom is 0.161 e. The van der Waals surface area contributed by atoms with E-state index in [4.69, 9.17) is 9.47 Å². The molecule has 21 heavy (non-hydrogen) atoms. The van der Waals surface area contributed by atoms with Crippen molar-refractivity contribution in [2.24, 2.45) is 0 Å². The predicted octanol–water partition coefficient (Wildman–Crippen LogP) is 3.36. The summed E-state index contributed by atoms with van der Waals surface area (Å²) >= 11 is 1.70. The first-order valence-electron chi connectivity index (χ1n) is 7.00. The van der Waals surface area contributed by atoms with E-state index in [9.17, 15) is 0 Å². The number of thiazole rings is 1. The molecule has 5 heteroatoms. The van der Waals surface area contributed by atoms with Crippen molar-refractivity contribution in [2.45, 2.75) is 26.3 Å². The lowest BCUT2D eigenvalue weighted by atomic mass is 10.1. The molecule has 114 valence electrons. The minimum Gasteiger partial charge on any atom is -0.493 e. The first-order chi connectivity index (χ1) is 10.1. The van der Waals surface area contributed by atoms with Gasteiger partial charge in [0.25, 0.3) is 0 Å². The summed E-state index contributed by atoms with van der Waals surface area (Å²) in [5.74, 6) is 1.52. The van der Waals surface area contributed by atoms with Gasteiger partial charge < -0.3 is 14.8 Å². The van der Waals surface area contributed by atoms with E-state index >= 15 is 0 Å². The molecule has 0 amide bonds. The van der Waals surface area contributed by atoms with Gasteiger partial charge in [0.2, 0.25) is 0 Å². The Hall–Kier alpha value is -1.59. The summed E-state index contributed by atoms with van der Waals surface area (Å²) < 4.78 is 10.6. The average molecular weight is 306 g/mol. The number of hydrogen-bond donors (Lipinski definition) is 1. The summed E-state index contributed by atoms with van der Waals surface area (Å²) in [7, 11) is 3.30. The normalized spacial score (nSPS) is 12.2. The summed E-state index contributed by atoms with van der Waals surface area (Å²) in [4.78, 5) is 4.47. The highest BCUT2D eigenvalue weighted by molar-refractivity contribution is 7.09. The van der Waals surface area contributed by atoms with E-state index in [1.807, 2.05) is 19.1 Å². The van der Waals surface area contributed by atoms with Crippen LogP contribution in [0.25, 0.3) is 0 Å². The quantitative estimate of drug-likeness (QED) is 0.852. The summed E-state index contributed by atoms with van der Waals surface area (Å²) in [6.45, 7) is 5.08. The van der Waals surface area contributed by atoms with E-state index in [1.54, 1.807) is 25.6 Å². The molecule has 0 spiro atoms. The van der Waals surface area contributed by atoms with Gasteiger partial charge in [-0.3, -0.25) is 0 Å². The van der Waals surface area contributed by atoms with Crippen LogP contribution in [0.15, 0.2) is 23.6 Å². The van der Waals surface area contributed by atoms with Crippen LogP contribution in [0.2, 0.25) is 0 Å². The van der Waals surface area contributed by atoms with Crippen molar-refractivity contribution < 1.29 is 9.47 Å². The summed E-state index contributed by atoms with van der Waals surface area (Å²) in [5, 5.41) is 6.76. The molecule has 0 aliphatic rings. The molecule has 0 radical (unpaired) electrons. The van der Waals surface area contributed by atoms with E-state index in [0.717, 1.165) is 35.2 Å². The minimum atomic E-state index is 0.254. The van der Waals surface area contributed by atoms with E-state index in [1.165, 1.54) is 5.56 Å². The van der Waals surface area contributed by atoms with Gasteiger partial charge in [-0.15, -0.1) is 11.3 Å². The second-order valence-corrected chi connectivity index (χ2v) is 5.96. The number of benzene rings is 1. The van der Waals surface area contributed by atoms with Crippen molar-refractivity contribution in [3.63, 3.8) is 0 Å². The van der Waals surface area contributed by atoms with Gasteiger partial charge in [-0.1, -0.05) is 6.07 Å². The largest absolute Gasteiger partial charge is 0.493 e. The van der Waals surface area contributed by atoms with Gasteiger partial charge in [0.15, 0.2) is 11.5 Å². The molecular formula is C16H22N2O2S. The molecule has 0 saturated heterocycles. The zero-order chi connectivity index (χ0) is 15.2. The Morgan fingerprint density at radius 2 is 2.00 bits per heavy atom. The topological polar surface area (TPSA) is 43.4 Å². The van der Waals surface area contributed by atoms with Crippen LogP contribution in [0.3, 0.4) is 0 Å². The molecule has 0 bridgehead atoms. The molecule has 4 nitrogen and oxygen atoms in total. The van der Waals surface area contributed by atoms with Crippen molar-refractivity contribution in [2.75, 3.05) is 20.8 Å². The minimum absolute atomic E-state index is 0.254. The smallest absolute Gasteiger partial charge is 0.161 e. The molecule has 1 aromatic heterocycles. The molecule has 1 atom stereocenters.